The van der Waals surface area contributed by atoms with Gasteiger partial charge in [-0.3, -0.25) is 4.79 Å². The van der Waals surface area contributed by atoms with Crippen LogP contribution in [0.15, 0.2) is 12.1 Å². The number of carbonyl (C=O) groups excluding carboxylic acids is 2. The molecule has 6 nitrogen and oxygen atoms in total. The average Bonchev–Trinajstić information content (AvgIpc) is 2.31. The fourth-order valence-corrected chi connectivity index (χ4v) is 1.78. The number of rotatable bonds is 6. The molecule has 0 aliphatic carbocycles. The van der Waals surface area contributed by atoms with E-state index in [4.69, 9.17) is 27.8 Å². The number of benzene rings is 1. The molecular formula is C12H16ClN3O3. The lowest BCUT2D eigenvalue weighted by atomic mass is 10.1. The molecule has 0 aliphatic rings. The molecule has 0 aromatic heterocycles. The zero-order valence-electron chi connectivity index (χ0n) is 10.5. The molecule has 0 saturated heterocycles. The second-order valence-corrected chi connectivity index (χ2v) is 4.20. The Kier molecular flexibility index (Phi) is 5.44. The van der Waals surface area contributed by atoms with Crippen molar-refractivity contribution in [2.45, 2.75) is 13.3 Å². The average molecular weight is 286 g/mol. The fourth-order valence-electron chi connectivity index (χ4n) is 1.49. The Bertz CT molecular complexity index is 491. The van der Waals surface area contributed by atoms with Crippen LogP contribution in [-0.4, -0.2) is 25.0 Å². The van der Waals surface area contributed by atoms with Crippen LogP contribution >= 0.6 is 11.6 Å². The van der Waals surface area contributed by atoms with Crippen molar-refractivity contribution in [1.82, 2.24) is 0 Å². The second-order valence-electron chi connectivity index (χ2n) is 3.79. The van der Waals surface area contributed by atoms with Gasteiger partial charge in [-0.2, -0.15) is 0 Å². The number of esters is 1. The van der Waals surface area contributed by atoms with Crippen molar-refractivity contribution in [2.24, 2.45) is 5.73 Å². The van der Waals surface area contributed by atoms with E-state index < -0.39 is 11.9 Å². The quantitative estimate of drug-likeness (QED) is 0.541. The van der Waals surface area contributed by atoms with Gasteiger partial charge in [-0.25, -0.2) is 4.79 Å². The molecule has 0 saturated carbocycles. The van der Waals surface area contributed by atoms with E-state index in [1.165, 1.54) is 12.1 Å². The molecule has 5 N–H and O–H groups in total. The Balaban J connectivity index is 2.99. The SMILES string of the molecule is CCOC(=O)c1cc(N)cc(Cl)c1NCCC(N)=O. The number of halogens is 1. The Morgan fingerprint density at radius 2 is 2.11 bits per heavy atom. The summed E-state index contributed by atoms with van der Waals surface area (Å²) in [7, 11) is 0. The van der Waals surface area contributed by atoms with Crippen LogP contribution < -0.4 is 16.8 Å². The number of hydrogen-bond donors (Lipinski definition) is 3. The van der Waals surface area contributed by atoms with Crippen molar-refractivity contribution < 1.29 is 14.3 Å². The zero-order valence-corrected chi connectivity index (χ0v) is 11.3. The van der Waals surface area contributed by atoms with Gasteiger partial charge >= 0.3 is 5.97 Å². The van der Waals surface area contributed by atoms with E-state index in [-0.39, 0.29) is 30.2 Å². The Morgan fingerprint density at radius 1 is 1.42 bits per heavy atom. The van der Waals surface area contributed by atoms with E-state index in [1.54, 1.807) is 6.92 Å². The van der Waals surface area contributed by atoms with E-state index in [2.05, 4.69) is 5.32 Å². The van der Waals surface area contributed by atoms with Gasteiger partial charge in [-0.05, 0) is 19.1 Å². The Morgan fingerprint density at radius 3 is 2.68 bits per heavy atom. The summed E-state index contributed by atoms with van der Waals surface area (Å²) >= 11 is 6.03. The Labute approximate surface area is 116 Å². The number of ether oxygens (including phenoxy) is 1. The highest BCUT2D eigenvalue weighted by molar-refractivity contribution is 6.34. The van der Waals surface area contributed by atoms with Crippen LogP contribution in [0.1, 0.15) is 23.7 Å². The van der Waals surface area contributed by atoms with E-state index in [0.717, 1.165) is 0 Å². The lowest BCUT2D eigenvalue weighted by Crippen LogP contribution is -2.17. The van der Waals surface area contributed by atoms with Gasteiger partial charge in [0.25, 0.3) is 0 Å². The molecule has 0 heterocycles. The zero-order chi connectivity index (χ0) is 14.4. The van der Waals surface area contributed by atoms with Gasteiger partial charge in [0.15, 0.2) is 0 Å². The van der Waals surface area contributed by atoms with Crippen molar-refractivity contribution in [1.29, 1.82) is 0 Å². The van der Waals surface area contributed by atoms with Gasteiger partial charge in [0, 0.05) is 18.7 Å². The highest BCUT2D eigenvalue weighted by atomic mass is 35.5. The van der Waals surface area contributed by atoms with E-state index >= 15 is 0 Å². The summed E-state index contributed by atoms with van der Waals surface area (Å²) in [6.45, 7) is 2.21. The van der Waals surface area contributed by atoms with Gasteiger partial charge in [0.05, 0.1) is 22.9 Å². The normalized spacial score (nSPS) is 10.0. The standard InChI is InChI=1S/C12H16ClN3O3/c1-2-19-12(18)8-5-7(14)6-9(13)11(8)16-4-3-10(15)17/h5-6,16H,2-4,14H2,1H3,(H2,15,17). The van der Waals surface area contributed by atoms with Crippen molar-refractivity contribution >= 4 is 34.9 Å². The third kappa shape index (κ3) is 4.33. The van der Waals surface area contributed by atoms with Gasteiger partial charge in [0.1, 0.15) is 0 Å². The Hall–Kier alpha value is -1.95. The first-order valence-electron chi connectivity index (χ1n) is 5.74. The molecule has 104 valence electrons. The maximum atomic E-state index is 11.8. The molecule has 1 aromatic carbocycles. The summed E-state index contributed by atoms with van der Waals surface area (Å²) in [6, 6.07) is 2.98. The van der Waals surface area contributed by atoms with Crippen LogP contribution in [0.5, 0.6) is 0 Å². The summed E-state index contributed by atoms with van der Waals surface area (Å²) < 4.78 is 4.92. The molecule has 19 heavy (non-hydrogen) atoms. The minimum absolute atomic E-state index is 0.128. The van der Waals surface area contributed by atoms with Gasteiger partial charge in [0.2, 0.25) is 5.91 Å². The van der Waals surface area contributed by atoms with Crippen LogP contribution in [0.2, 0.25) is 5.02 Å². The number of primary amides is 1. The predicted octanol–water partition coefficient (Wildman–Crippen LogP) is 1.39. The summed E-state index contributed by atoms with van der Waals surface area (Å²) in [5, 5.41) is 3.17. The number of amides is 1. The van der Waals surface area contributed by atoms with Gasteiger partial charge in [-0.1, -0.05) is 11.6 Å². The van der Waals surface area contributed by atoms with E-state index in [0.29, 0.717) is 11.4 Å². The number of hydrogen-bond acceptors (Lipinski definition) is 5. The molecule has 0 spiro atoms. The van der Waals surface area contributed by atoms with Crippen molar-refractivity contribution in [3.8, 4) is 0 Å². The number of anilines is 2. The third-order valence-electron chi connectivity index (χ3n) is 2.28. The van der Waals surface area contributed by atoms with Crippen LogP contribution in [0.25, 0.3) is 0 Å². The lowest BCUT2D eigenvalue weighted by Gasteiger charge is -2.13. The van der Waals surface area contributed by atoms with Crippen LogP contribution in [0.3, 0.4) is 0 Å². The van der Waals surface area contributed by atoms with Gasteiger partial charge in [-0.15, -0.1) is 0 Å². The van der Waals surface area contributed by atoms with Crippen LogP contribution in [0, 0.1) is 0 Å². The molecule has 1 amide bonds. The molecule has 7 heteroatoms. The number of nitrogen functional groups attached to an aromatic ring is 1. The number of nitrogens with two attached hydrogens (primary N) is 2. The topological polar surface area (TPSA) is 107 Å². The second kappa shape index (κ2) is 6.84. The maximum absolute atomic E-state index is 11.8. The monoisotopic (exact) mass is 285 g/mol. The largest absolute Gasteiger partial charge is 0.462 e. The molecule has 0 bridgehead atoms. The summed E-state index contributed by atoms with van der Waals surface area (Å²) in [5.41, 5.74) is 11.7. The van der Waals surface area contributed by atoms with Crippen molar-refractivity contribution in [3.05, 3.63) is 22.7 Å². The first kappa shape index (κ1) is 15.1. The molecular weight excluding hydrogens is 270 g/mol. The van der Waals surface area contributed by atoms with Gasteiger partial charge < -0.3 is 21.5 Å². The van der Waals surface area contributed by atoms with Crippen molar-refractivity contribution in [3.63, 3.8) is 0 Å². The number of nitrogens with one attached hydrogen (secondary N) is 1. The molecule has 0 atom stereocenters. The van der Waals surface area contributed by atoms with Crippen molar-refractivity contribution in [2.75, 3.05) is 24.2 Å². The minimum atomic E-state index is -0.529. The van der Waals surface area contributed by atoms with Crippen LogP contribution in [-0.2, 0) is 9.53 Å². The number of carbonyl (C=O) groups is 2. The third-order valence-corrected chi connectivity index (χ3v) is 2.58. The first-order valence-corrected chi connectivity index (χ1v) is 6.11. The molecule has 0 aliphatic heterocycles. The first-order chi connectivity index (χ1) is 8.95. The van der Waals surface area contributed by atoms with Crippen LogP contribution in [0.4, 0.5) is 11.4 Å². The predicted molar refractivity (Wildman–Crippen MR) is 74.1 cm³/mol. The molecule has 0 radical (unpaired) electrons. The fraction of sp³-hybridized carbons (Fsp3) is 0.333. The molecule has 0 fully saturated rings. The molecule has 1 aromatic rings. The maximum Gasteiger partial charge on any atom is 0.340 e. The molecule has 1 rings (SSSR count). The molecule has 0 unspecified atom stereocenters. The summed E-state index contributed by atoms with van der Waals surface area (Å²) in [4.78, 5) is 22.5. The summed E-state index contributed by atoms with van der Waals surface area (Å²) in [5.74, 6) is -0.977. The van der Waals surface area contributed by atoms with E-state index in [9.17, 15) is 9.59 Å². The van der Waals surface area contributed by atoms with E-state index in [1.807, 2.05) is 0 Å². The minimum Gasteiger partial charge on any atom is -0.462 e. The lowest BCUT2D eigenvalue weighted by molar-refractivity contribution is -0.117. The highest BCUT2D eigenvalue weighted by Gasteiger charge is 2.16. The smallest absolute Gasteiger partial charge is 0.340 e. The summed E-state index contributed by atoms with van der Waals surface area (Å²) in [6.07, 6.45) is 0.128. The highest BCUT2D eigenvalue weighted by Crippen LogP contribution is 2.29.